The van der Waals surface area contributed by atoms with E-state index >= 15 is 0 Å². The fraction of sp³-hybridized carbons (Fsp3) is 0.0833. The molecule has 2 nitrogen and oxygen atoms in total. The number of hydrogen-bond acceptors (Lipinski definition) is 2. The molecule has 0 aliphatic heterocycles. The molecular weight excluding hydrogens is 256 g/mol. The summed E-state index contributed by atoms with van der Waals surface area (Å²) >= 11 is 3.35. The Hall–Kier alpha value is -1.35. The molecule has 1 aromatic heterocycles. The van der Waals surface area contributed by atoms with Gasteiger partial charge in [-0.05, 0) is 19.1 Å². The SMILES string of the molecule is Cc1cc(=O)cc(-c2ccc(Br)cc2)o1. The standard InChI is InChI=1S/C12H9BrO2/c1-8-6-11(14)7-12(15-8)9-2-4-10(13)5-3-9/h2-7H,1H3. The molecule has 0 fully saturated rings. The third-order valence-corrected chi connectivity index (χ3v) is 2.55. The van der Waals surface area contributed by atoms with Gasteiger partial charge in [0.15, 0.2) is 5.43 Å². The summed E-state index contributed by atoms with van der Waals surface area (Å²) in [5.74, 6) is 1.23. The second-order valence-corrected chi connectivity index (χ2v) is 4.19. The van der Waals surface area contributed by atoms with Crippen LogP contribution in [0.5, 0.6) is 0 Å². The lowest BCUT2D eigenvalue weighted by molar-refractivity contribution is 0.530. The van der Waals surface area contributed by atoms with Crippen LogP contribution in [0.25, 0.3) is 11.3 Å². The van der Waals surface area contributed by atoms with Gasteiger partial charge < -0.3 is 4.42 Å². The highest BCUT2D eigenvalue weighted by Gasteiger charge is 2.02. The van der Waals surface area contributed by atoms with Crippen molar-refractivity contribution >= 4 is 15.9 Å². The highest BCUT2D eigenvalue weighted by molar-refractivity contribution is 9.10. The van der Waals surface area contributed by atoms with Gasteiger partial charge in [0.05, 0.1) is 0 Å². The van der Waals surface area contributed by atoms with Gasteiger partial charge in [-0.25, -0.2) is 0 Å². The zero-order chi connectivity index (χ0) is 10.8. The van der Waals surface area contributed by atoms with Crippen LogP contribution < -0.4 is 5.43 Å². The van der Waals surface area contributed by atoms with Crippen molar-refractivity contribution in [3.8, 4) is 11.3 Å². The predicted molar refractivity (Wildman–Crippen MR) is 62.9 cm³/mol. The van der Waals surface area contributed by atoms with E-state index in [0.29, 0.717) is 11.5 Å². The van der Waals surface area contributed by atoms with Crippen LogP contribution >= 0.6 is 15.9 Å². The van der Waals surface area contributed by atoms with Crippen LogP contribution in [0.1, 0.15) is 5.76 Å². The summed E-state index contributed by atoms with van der Waals surface area (Å²) in [4.78, 5) is 11.3. The summed E-state index contributed by atoms with van der Waals surface area (Å²) < 4.78 is 6.47. The van der Waals surface area contributed by atoms with E-state index in [9.17, 15) is 4.79 Å². The molecule has 0 radical (unpaired) electrons. The van der Waals surface area contributed by atoms with E-state index in [1.165, 1.54) is 12.1 Å². The topological polar surface area (TPSA) is 30.2 Å². The molecule has 0 bridgehead atoms. The van der Waals surface area contributed by atoms with Gasteiger partial charge in [0.25, 0.3) is 0 Å². The third-order valence-electron chi connectivity index (χ3n) is 2.02. The molecule has 0 saturated heterocycles. The van der Waals surface area contributed by atoms with Crippen LogP contribution in [0.15, 0.2) is 50.1 Å². The summed E-state index contributed by atoms with van der Waals surface area (Å²) in [6, 6.07) is 10.6. The van der Waals surface area contributed by atoms with Crippen LogP contribution in [-0.2, 0) is 0 Å². The Morgan fingerprint density at radius 1 is 1.13 bits per heavy atom. The van der Waals surface area contributed by atoms with E-state index in [0.717, 1.165) is 10.0 Å². The van der Waals surface area contributed by atoms with E-state index in [-0.39, 0.29) is 5.43 Å². The van der Waals surface area contributed by atoms with Crippen LogP contribution in [0.2, 0.25) is 0 Å². The van der Waals surface area contributed by atoms with Gasteiger partial charge in [0.2, 0.25) is 0 Å². The summed E-state index contributed by atoms with van der Waals surface area (Å²) in [6.45, 7) is 1.77. The Balaban J connectivity index is 2.54. The Morgan fingerprint density at radius 3 is 2.40 bits per heavy atom. The molecule has 0 aliphatic carbocycles. The van der Waals surface area contributed by atoms with Crippen molar-refractivity contribution in [3.05, 3.63) is 56.9 Å². The quantitative estimate of drug-likeness (QED) is 0.791. The summed E-state index contributed by atoms with van der Waals surface area (Å²) in [5, 5.41) is 0. The number of aryl methyl sites for hydroxylation is 1. The normalized spacial score (nSPS) is 10.3. The molecule has 3 heteroatoms. The second-order valence-electron chi connectivity index (χ2n) is 3.27. The lowest BCUT2D eigenvalue weighted by atomic mass is 10.1. The van der Waals surface area contributed by atoms with Gasteiger partial charge in [-0.15, -0.1) is 0 Å². The highest BCUT2D eigenvalue weighted by Crippen LogP contribution is 2.21. The molecule has 0 unspecified atom stereocenters. The van der Waals surface area contributed by atoms with E-state index in [4.69, 9.17) is 4.42 Å². The van der Waals surface area contributed by atoms with Crippen LogP contribution in [0.3, 0.4) is 0 Å². The Morgan fingerprint density at radius 2 is 1.80 bits per heavy atom. The Labute approximate surface area is 95.7 Å². The van der Waals surface area contributed by atoms with Crippen molar-refractivity contribution in [1.29, 1.82) is 0 Å². The van der Waals surface area contributed by atoms with Crippen LogP contribution in [0.4, 0.5) is 0 Å². The second kappa shape index (κ2) is 4.03. The molecule has 0 atom stereocenters. The highest BCUT2D eigenvalue weighted by atomic mass is 79.9. The van der Waals surface area contributed by atoms with Gasteiger partial charge in [-0.2, -0.15) is 0 Å². The van der Waals surface area contributed by atoms with Crippen molar-refractivity contribution in [2.75, 3.05) is 0 Å². The van der Waals surface area contributed by atoms with E-state index in [1.54, 1.807) is 6.92 Å². The van der Waals surface area contributed by atoms with Gasteiger partial charge in [0, 0.05) is 22.2 Å². The van der Waals surface area contributed by atoms with Gasteiger partial charge in [-0.3, -0.25) is 4.79 Å². The molecule has 2 aromatic rings. The zero-order valence-corrected chi connectivity index (χ0v) is 9.74. The summed E-state index contributed by atoms with van der Waals surface area (Å²) in [5.41, 5.74) is 0.871. The molecule has 1 heterocycles. The molecule has 0 spiro atoms. The molecule has 0 N–H and O–H groups in total. The van der Waals surface area contributed by atoms with Crippen LogP contribution in [-0.4, -0.2) is 0 Å². The van der Waals surface area contributed by atoms with Gasteiger partial charge >= 0.3 is 0 Å². The molecule has 1 aromatic carbocycles. The predicted octanol–water partition coefficient (Wildman–Crippen LogP) is 3.38. The van der Waals surface area contributed by atoms with Gasteiger partial charge in [-0.1, -0.05) is 28.1 Å². The summed E-state index contributed by atoms with van der Waals surface area (Å²) in [7, 11) is 0. The fourth-order valence-corrected chi connectivity index (χ4v) is 1.62. The average molecular weight is 265 g/mol. The summed E-state index contributed by atoms with van der Waals surface area (Å²) in [6.07, 6.45) is 0. The maximum Gasteiger partial charge on any atom is 0.185 e. The lowest BCUT2D eigenvalue weighted by Gasteiger charge is -2.01. The molecule has 76 valence electrons. The first-order valence-electron chi connectivity index (χ1n) is 4.53. The average Bonchev–Trinajstić information content (AvgIpc) is 2.17. The first-order valence-corrected chi connectivity index (χ1v) is 5.32. The number of rotatable bonds is 1. The van der Waals surface area contributed by atoms with Crippen molar-refractivity contribution < 1.29 is 4.42 Å². The van der Waals surface area contributed by atoms with E-state index in [1.807, 2.05) is 24.3 Å². The zero-order valence-electron chi connectivity index (χ0n) is 8.16. The van der Waals surface area contributed by atoms with Gasteiger partial charge in [0.1, 0.15) is 11.5 Å². The third kappa shape index (κ3) is 2.36. The minimum Gasteiger partial charge on any atom is -0.461 e. The first-order chi connectivity index (χ1) is 7.15. The lowest BCUT2D eigenvalue weighted by Crippen LogP contribution is -1.97. The van der Waals surface area contributed by atoms with Crippen molar-refractivity contribution in [2.45, 2.75) is 6.92 Å². The minimum absolute atomic E-state index is 0.0309. The number of benzene rings is 1. The molecule has 0 amide bonds. The minimum atomic E-state index is -0.0309. The molecule has 0 aliphatic rings. The number of halogens is 1. The number of hydrogen-bond donors (Lipinski definition) is 0. The Kier molecular flexibility index (Phi) is 2.73. The van der Waals surface area contributed by atoms with E-state index < -0.39 is 0 Å². The van der Waals surface area contributed by atoms with Crippen molar-refractivity contribution in [1.82, 2.24) is 0 Å². The van der Waals surface area contributed by atoms with E-state index in [2.05, 4.69) is 15.9 Å². The van der Waals surface area contributed by atoms with Crippen molar-refractivity contribution in [3.63, 3.8) is 0 Å². The molecule has 0 saturated carbocycles. The maximum atomic E-state index is 11.3. The monoisotopic (exact) mass is 264 g/mol. The fourth-order valence-electron chi connectivity index (χ4n) is 1.36. The Bertz CT molecular complexity index is 526. The molecular formula is C12H9BrO2. The van der Waals surface area contributed by atoms with Crippen molar-refractivity contribution in [2.24, 2.45) is 0 Å². The maximum absolute atomic E-state index is 11.3. The molecule has 15 heavy (non-hydrogen) atoms. The first kappa shape index (κ1) is 10.2. The largest absolute Gasteiger partial charge is 0.461 e. The smallest absolute Gasteiger partial charge is 0.185 e. The van der Waals surface area contributed by atoms with Crippen LogP contribution in [0, 0.1) is 6.92 Å². The molecule has 2 rings (SSSR count).